The van der Waals surface area contributed by atoms with Crippen LogP contribution >= 0.6 is 23.1 Å². The minimum Gasteiger partial charge on any atom is -0.343 e. The molecule has 32 heavy (non-hydrogen) atoms. The first kappa shape index (κ1) is 22.1. The second kappa shape index (κ2) is 9.98. The molecule has 3 aromatic carbocycles. The maximum Gasteiger partial charge on any atom is 0.282 e. The van der Waals surface area contributed by atoms with Gasteiger partial charge in [-0.2, -0.15) is 0 Å². The van der Waals surface area contributed by atoms with E-state index in [0.29, 0.717) is 5.01 Å². The first-order chi connectivity index (χ1) is 15.6. The largest absolute Gasteiger partial charge is 0.343 e. The Hall–Kier alpha value is -3.15. The summed E-state index contributed by atoms with van der Waals surface area (Å²) in [7, 11) is 3.48. The molecule has 0 unspecified atom stereocenters. The van der Waals surface area contributed by atoms with Gasteiger partial charge in [-0.15, -0.1) is 23.1 Å². The highest BCUT2D eigenvalue weighted by atomic mass is 32.2. The molecule has 3 nitrogen and oxygen atoms in total. The lowest BCUT2D eigenvalue weighted by atomic mass is 9.84. The topological polar surface area (TPSA) is 33.2 Å². The van der Waals surface area contributed by atoms with Gasteiger partial charge in [-0.05, 0) is 28.2 Å². The molecular formula is C27H24N2OS2. The standard InChI is InChI=1S/C27H24N2OS2/c1-29(2)26(30)25-28-20-24(32-25)18-19-31-27(21-12-6-3-7-13-21,22-14-8-4-9-15-22)23-16-10-5-11-17-23/h3-20H,1-2H3. The van der Waals surface area contributed by atoms with E-state index in [1.165, 1.54) is 28.0 Å². The van der Waals surface area contributed by atoms with E-state index in [1.807, 2.05) is 24.3 Å². The van der Waals surface area contributed by atoms with Crippen molar-refractivity contribution in [3.8, 4) is 0 Å². The van der Waals surface area contributed by atoms with Crippen molar-refractivity contribution in [3.05, 3.63) is 129 Å². The van der Waals surface area contributed by atoms with Gasteiger partial charge in [0, 0.05) is 25.2 Å². The molecule has 1 aromatic heterocycles. The third-order valence-electron chi connectivity index (χ3n) is 5.13. The molecular weight excluding hydrogens is 432 g/mol. The van der Waals surface area contributed by atoms with Gasteiger partial charge in [0.1, 0.15) is 0 Å². The van der Waals surface area contributed by atoms with Crippen LogP contribution in [0.4, 0.5) is 0 Å². The Bertz CT molecular complexity index is 1090. The van der Waals surface area contributed by atoms with E-state index in [2.05, 4.69) is 83.2 Å². The molecule has 160 valence electrons. The number of carbonyl (C=O) groups excluding carboxylic acids is 1. The SMILES string of the molecule is CN(C)C(=O)c1ncc(C=CSC(c2ccccc2)(c2ccccc2)c2ccccc2)s1. The lowest BCUT2D eigenvalue weighted by Crippen LogP contribution is -2.24. The van der Waals surface area contributed by atoms with E-state index in [4.69, 9.17) is 0 Å². The van der Waals surface area contributed by atoms with Gasteiger partial charge < -0.3 is 4.90 Å². The predicted octanol–water partition coefficient (Wildman–Crippen LogP) is 6.54. The molecule has 1 amide bonds. The van der Waals surface area contributed by atoms with Crippen molar-refractivity contribution in [3.63, 3.8) is 0 Å². The summed E-state index contributed by atoms with van der Waals surface area (Å²) >= 11 is 3.15. The van der Waals surface area contributed by atoms with Crippen LogP contribution in [0.5, 0.6) is 0 Å². The first-order valence-corrected chi connectivity index (χ1v) is 12.0. The van der Waals surface area contributed by atoms with Crippen LogP contribution in [0.2, 0.25) is 0 Å². The van der Waals surface area contributed by atoms with Crippen molar-refractivity contribution < 1.29 is 4.79 Å². The second-order valence-electron chi connectivity index (χ2n) is 7.47. The molecule has 4 aromatic rings. The van der Waals surface area contributed by atoms with E-state index in [9.17, 15) is 4.79 Å². The second-order valence-corrected chi connectivity index (χ2v) is 9.65. The van der Waals surface area contributed by atoms with Gasteiger partial charge in [0.25, 0.3) is 5.91 Å². The monoisotopic (exact) mass is 456 g/mol. The van der Waals surface area contributed by atoms with Crippen molar-refractivity contribution in [1.29, 1.82) is 0 Å². The van der Waals surface area contributed by atoms with E-state index in [0.717, 1.165) is 4.88 Å². The van der Waals surface area contributed by atoms with Gasteiger partial charge in [0.2, 0.25) is 0 Å². The first-order valence-electron chi connectivity index (χ1n) is 10.3. The number of rotatable bonds is 7. The molecule has 1 heterocycles. The summed E-state index contributed by atoms with van der Waals surface area (Å²) in [5, 5.41) is 2.62. The van der Waals surface area contributed by atoms with Crippen LogP contribution in [0, 0.1) is 0 Å². The van der Waals surface area contributed by atoms with Crippen LogP contribution in [-0.2, 0) is 4.75 Å². The third-order valence-corrected chi connectivity index (χ3v) is 7.41. The Balaban J connectivity index is 1.77. The van der Waals surface area contributed by atoms with Crippen LogP contribution in [0.15, 0.2) is 103 Å². The number of carbonyl (C=O) groups is 1. The number of thioether (sulfide) groups is 1. The number of aromatic nitrogens is 1. The van der Waals surface area contributed by atoms with Gasteiger partial charge in [-0.1, -0.05) is 91.0 Å². The molecule has 0 radical (unpaired) electrons. The predicted molar refractivity (Wildman–Crippen MR) is 136 cm³/mol. The molecule has 0 fully saturated rings. The van der Waals surface area contributed by atoms with Gasteiger partial charge in [0.05, 0.1) is 4.75 Å². The maximum absolute atomic E-state index is 12.2. The number of hydrogen-bond donors (Lipinski definition) is 0. The lowest BCUT2D eigenvalue weighted by molar-refractivity contribution is 0.0827. The number of nitrogens with zero attached hydrogens (tertiary/aromatic N) is 2. The summed E-state index contributed by atoms with van der Waals surface area (Å²) in [6, 6.07) is 31.7. The highest BCUT2D eigenvalue weighted by molar-refractivity contribution is 8.03. The van der Waals surface area contributed by atoms with Gasteiger partial charge in [-0.3, -0.25) is 4.79 Å². The zero-order valence-electron chi connectivity index (χ0n) is 18.0. The summed E-state index contributed by atoms with van der Waals surface area (Å²) in [5.74, 6) is -0.0745. The molecule has 0 saturated carbocycles. The van der Waals surface area contributed by atoms with Crippen molar-refractivity contribution in [1.82, 2.24) is 9.88 Å². The van der Waals surface area contributed by atoms with Gasteiger partial charge in [0.15, 0.2) is 5.01 Å². The Labute approximate surface area is 197 Å². The van der Waals surface area contributed by atoms with Crippen molar-refractivity contribution >= 4 is 35.1 Å². The molecule has 0 aliphatic carbocycles. The summed E-state index contributed by atoms with van der Waals surface area (Å²) in [4.78, 5) is 19.0. The van der Waals surface area contributed by atoms with Crippen LogP contribution < -0.4 is 0 Å². The Morgan fingerprint density at radius 1 is 0.844 bits per heavy atom. The van der Waals surface area contributed by atoms with Crippen molar-refractivity contribution in [2.24, 2.45) is 0 Å². The van der Waals surface area contributed by atoms with E-state index < -0.39 is 4.75 Å². The Kier molecular flexibility index (Phi) is 6.88. The van der Waals surface area contributed by atoms with Crippen LogP contribution in [-0.4, -0.2) is 29.9 Å². The molecule has 0 N–H and O–H groups in total. The maximum atomic E-state index is 12.2. The molecule has 0 saturated heterocycles. The highest BCUT2D eigenvalue weighted by Crippen LogP contribution is 2.49. The summed E-state index contributed by atoms with van der Waals surface area (Å²) in [6.45, 7) is 0. The van der Waals surface area contributed by atoms with E-state index >= 15 is 0 Å². The average Bonchev–Trinajstić information content (AvgIpc) is 3.32. The smallest absolute Gasteiger partial charge is 0.282 e. The normalized spacial score (nSPS) is 11.6. The summed E-state index contributed by atoms with van der Waals surface area (Å²) in [5.41, 5.74) is 3.62. The molecule has 0 spiro atoms. The van der Waals surface area contributed by atoms with Crippen molar-refractivity contribution in [2.75, 3.05) is 14.1 Å². The third kappa shape index (κ3) is 4.54. The molecule has 5 heteroatoms. The number of benzene rings is 3. The minimum absolute atomic E-state index is 0.0745. The minimum atomic E-state index is -0.409. The molecule has 4 rings (SSSR count). The van der Waals surface area contributed by atoms with Gasteiger partial charge >= 0.3 is 0 Å². The fourth-order valence-electron chi connectivity index (χ4n) is 3.58. The Morgan fingerprint density at radius 2 is 1.31 bits per heavy atom. The molecule has 0 aliphatic rings. The number of amides is 1. The number of hydrogen-bond acceptors (Lipinski definition) is 4. The fraction of sp³-hybridized carbons (Fsp3) is 0.111. The molecule has 0 atom stereocenters. The summed E-state index contributed by atoms with van der Waals surface area (Å²) < 4.78 is -0.409. The molecule has 0 bridgehead atoms. The lowest BCUT2D eigenvalue weighted by Gasteiger charge is -2.34. The molecule has 0 aliphatic heterocycles. The summed E-state index contributed by atoms with van der Waals surface area (Å²) in [6.07, 6.45) is 3.80. The average molecular weight is 457 g/mol. The quantitative estimate of drug-likeness (QED) is 0.296. The van der Waals surface area contributed by atoms with Crippen molar-refractivity contribution in [2.45, 2.75) is 4.75 Å². The van der Waals surface area contributed by atoms with E-state index in [-0.39, 0.29) is 5.91 Å². The zero-order valence-corrected chi connectivity index (χ0v) is 19.6. The Morgan fingerprint density at radius 3 is 1.75 bits per heavy atom. The van der Waals surface area contributed by atoms with Crippen LogP contribution in [0.1, 0.15) is 31.4 Å². The zero-order chi connectivity index (χ0) is 22.4. The fourth-order valence-corrected chi connectivity index (χ4v) is 5.74. The number of thiazole rings is 1. The van der Waals surface area contributed by atoms with Crippen LogP contribution in [0.3, 0.4) is 0 Å². The van der Waals surface area contributed by atoms with E-state index in [1.54, 1.807) is 37.0 Å². The highest BCUT2D eigenvalue weighted by Gasteiger charge is 2.36. The van der Waals surface area contributed by atoms with Gasteiger partial charge in [-0.25, -0.2) is 4.98 Å². The van der Waals surface area contributed by atoms with Crippen LogP contribution in [0.25, 0.3) is 6.08 Å².